The zero-order valence-corrected chi connectivity index (χ0v) is 9.52. The summed E-state index contributed by atoms with van der Waals surface area (Å²) < 4.78 is 14.7. The molecule has 1 aromatic rings. The highest BCUT2D eigenvalue weighted by Gasteiger charge is 2.16. The lowest BCUT2D eigenvalue weighted by molar-refractivity contribution is -0.133. The first kappa shape index (κ1) is 12.1. The number of esters is 1. The predicted octanol–water partition coefficient (Wildman–Crippen LogP) is 1.86. The molecule has 0 heterocycles. The fourth-order valence-electron chi connectivity index (χ4n) is 1.32. The van der Waals surface area contributed by atoms with E-state index < -0.39 is 5.97 Å². The molecule has 0 aromatic heterocycles. The number of hydrogen-bond acceptors (Lipinski definition) is 4. The summed E-state index contributed by atoms with van der Waals surface area (Å²) >= 11 is 0. The molecule has 0 saturated heterocycles. The zero-order chi connectivity index (χ0) is 12.0. The molecule has 16 heavy (non-hydrogen) atoms. The molecule has 0 aliphatic rings. The van der Waals surface area contributed by atoms with E-state index in [2.05, 4.69) is 4.74 Å². The quantitative estimate of drug-likeness (QED) is 0.443. The molecule has 0 N–H and O–H groups in total. The van der Waals surface area contributed by atoms with Crippen LogP contribution in [0.4, 0.5) is 0 Å². The van der Waals surface area contributed by atoms with Crippen LogP contribution < -0.4 is 4.74 Å². The molecule has 0 atom stereocenters. The van der Waals surface area contributed by atoms with Crippen LogP contribution in [0, 0.1) is 0 Å². The number of benzene rings is 1. The first-order valence-corrected chi connectivity index (χ1v) is 4.69. The molecule has 0 spiro atoms. The molecule has 1 rings (SSSR count). The van der Waals surface area contributed by atoms with E-state index in [1.54, 1.807) is 19.2 Å². The van der Waals surface area contributed by atoms with Crippen LogP contribution in [-0.2, 0) is 14.3 Å². The van der Waals surface area contributed by atoms with E-state index in [4.69, 9.17) is 9.47 Å². The first-order valence-electron chi connectivity index (χ1n) is 4.69. The smallest absolute Gasteiger partial charge is 0.341 e. The van der Waals surface area contributed by atoms with E-state index in [0.29, 0.717) is 16.9 Å². The SMILES string of the molecule is CO/C=C(/C(=O)OC)c1ccccc1OC. The van der Waals surface area contributed by atoms with Gasteiger partial charge in [-0.3, -0.25) is 0 Å². The summed E-state index contributed by atoms with van der Waals surface area (Å²) in [4.78, 5) is 11.5. The van der Waals surface area contributed by atoms with Gasteiger partial charge in [0.15, 0.2) is 0 Å². The van der Waals surface area contributed by atoms with Gasteiger partial charge in [-0.05, 0) is 6.07 Å². The lowest BCUT2D eigenvalue weighted by Gasteiger charge is -2.09. The largest absolute Gasteiger partial charge is 0.503 e. The molecule has 4 heteroatoms. The van der Waals surface area contributed by atoms with Crippen molar-refractivity contribution < 1.29 is 19.0 Å². The van der Waals surface area contributed by atoms with Gasteiger partial charge < -0.3 is 14.2 Å². The van der Waals surface area contributed by atoms with Crippen LogP contribution in [0.25, 0.3) is 5.57 Å². The second-order valence-electron chi connectivity index (χ2n) is 2.96. The lowest BCUT2D eigenvalue weighted by Crippen LogP contribution is -2.05. The van der Waals surface area contributed by atoms with Gasteiger partial charge in [-0.2, -0.15) is 0 Å². The third kappa shape index (κ3) is 2.53. The first-order chi connectivity index (χ1) is 7.74. The van der Waals surface area contributed by atoms with E-state index in [1.165, 1.54) is 20.5 Å². The predicted molar refractivity (Wildman–Crippen MR) is 60.0 cm³/mol. The Morgan fingerprint density at radius 1 is 1.19 bits per heavy atom. The number of rotatable bonds is 4. The second-order valence-corrected chi connectivity index (χ2v) is 2.96. The Morgan fingerprint density at radius 2 is 1.88 bits per heavy atom. The van der Waals surface area contributed by atoms with Crippen LogP contribution in [-0.4, -0.2) is 27.3 Å². The molecule has 0 bridgehead atoms. The highest BCUT2D eigenvalue weighted by atomic mass is 16.5. The highest BCUT2D eigenvalue weighted by molar-refractivity contribution is 6.16. The van der Waals surface area contributed by atoms with Gasteiger partial charge in [0.1, 0.15) is 11.3 Å². The van der Waals surface area contributed by atoms with Crippen LogP contribution in [0.5, 0.6) is 5.75 Å². The zero-order valence-electron chi connectivity index (χ0n) is 9.52. The van der Waals surface area contributed by atoms with Crippen LogP contribution in [0.1, 0.15) is 5.56 Å². The van der Waals surface area contributed by atoms with Gasteiger partial charge in [0, 0.05) is 5.56 Å². The number of carbonyl (C=O) groups excluding carboxylic acids is 1. The van der Waals surface area contributed by atoms with Crippen molar-refractivity contribution in [2.45, 2.75) is 0 Å². The van der Waals surface area contributed by atoms with Crippen molar-refractivity contribution in [3.63, 3.8) is 0 Å². The van der Waals surface area contributed by atoms with E-state index in [1.807, 2.05) is 12.1 Å². The van der Waals surface area contributed by atoms with Crippen LogP contribution in [0.2, 0.25) is 0 Å². The molecule has 0 amide bonds. The van der Waals surface area contributed by atoms with Gasteiger partial charge in [0.05, 0.1) is 27.6 Å². The average molecular weight is 222 g/mol. The summed E-state index contributed by atoms with van der Waals surface area (Å²) in [6.07, 6.45) is 1.34. The molecular formula is C12H14O4. The molecular weight excluding hydrogens is 208 g/mol. The Morgan fingerprint density at radius 3 is 2.44 bits per heavy atom. The lowest BCUT2D eigenvalue weighted by atomic mass is 10.1. The van der Waals surface area contributed by atoms with E-state index >= 15 is 0 Å². The van der Waals surface area contributed by atoms with Gasteiger partial charge in [-0.15, -0.1) is 0 Å². The number of methoxy groups -OCH3 is 3. The molecule has 0 saturated carbocycles. The highest BCUT2D eigenvalue weighted by Crippen LogP contribution is 2.26. The van der Waals surface area contributed by atoms with Gasteiger partial charge in [-0.25, -0.2) is 4.79 Å². The minimum atomic E-state index is -0.466. The summed E-state index contributed by atoms with van der Waals surface area (Å²) in [7, 11) is 4.33. The molecule has 0 aliphatic heterocycles. The normalized spacial score (nSPS) is 10.8. The maximum atomic E-state index is 11.5. The summed E-state index contributed by atoms with van der Waals surface area (Å²) in [5.41, 5.74) is 0.959. The Balaban J connectivity index is 3.21. The maximum absolute atomic E-state index is 11.5. The summed E-state index contributed by atoms with van der Waals surface area (Å²) in [6.45, 7) is 0. The molecule has 0 fully saturated rings. The molecule has 0 aliphatic carbocycles. The fourth-order valence-corrected chi connectivity index (χ4v) is 1.32. The Bertz CT molecular complexity index is 396. The Hall–Kier alpha value is -1.97. The third-order valence-corrected chi connectivity index (χ3v) is 2.04. The second kappa shape index (κ2) is 5.80. The van der Waals surface area contributed by atoms with Crippen LogP contribution >= 0.6 is 0 Å². The summed E-state index contributed by atoms with van der Waals surface area (Å²) in [5, 5.41) is 0. The average Bonchev–Trinajstić information content (AvgIpc) is 2.35. The molecule has 1 aromatic carbocycles. The van der Waals surface area contributed by atoms with E-state index in [0.717, 1.165) is 0 Å². The molecule has 0 radical (unpaired) electrons. The minimum absolute atomic E-state index is 0.322. The van der Waals surface area contributed by atoms with Crippen molar-refractivity contribution >= 4 is 11.5 Å². The standard InChI is InChI=1S/C12H14O4/c1-14-8-10(12(13)16-3)9-6-4-5-7-11(9)15-2/h4-8H,1-3H3/b10-8+. The number of hydrogen-bond donors (Lipinski definition) is 0. The van der Waals surface area contributed by atoms with Crippen LogP contribution in [0.15, 0.2) is 30.5 Å². The van der Waals surface area contributed by atoms with Crippen molar-refractivity contribution in [2.75, 3.05) is 21.3 Å². The third-order valence-electron chi connectivity index (χ3n) is 2.04. The monoisotopic (exact) mass is 222 g/mol. The Labute approximate surface area is 94.4 Å². The number of ether oxygens (including phenoxy) is 3. The topological polar surface area (TPSA) is 44.8 Å². The van der Waals surface area contributed by atoms with E-state index in [-0.39, 0.29) is 0 Å². The Kier molecular flexibility index (Phi) is 4.39. The molecule has 86 valence electrons. The van der Waals surface area contributed by atoms with Crippen molar-refractivity contribution in [2.24, 2.45) is 0 Å². The van der Waals surface area contributed by atoms with Crippen molar-refractivity contribution in [3.8, 4) is 5.75 Å². The molecule has 4 nitrogen and oxygen atoms in total. The van der Waals surface area contributed by atoms with Crippen molar-refractivity contribution in [3.05, 3.63) is 36.1 Å². The maximum Gasteiger partial charge on any atom is 0.341 e. The van der Waals surface area contributed by atoms with Crippen molar-refractivity contribution in [1.29, 1.82) is 0 Å². The summed E-state index contributed by atoms with van der Waals surface area (Å²) in [5.74, 6) is 0.127. The van der Waals surface area contributed by atoms with Gasteiger partial charge in [0.2, 0.25) is 0 Å². The van der Waals surface area contributed by atoms with Gasteiger partial charge >= 0.3 is 5.97 Å². The van der Waals surface area contributed by atoms with E-state index in [9.17, 15) is 4.79 Å². The number of carbonyl (C=O) groups is 1. The summed E-state index contributed by atoms with van der Waals surface area (Å²) in [6, 6.07) is 7.16. The molecule has 0 unspecified atom stereocenters. The van der Waals surface area contributed by atoms with Gasteiger partial charge in [0.25, 0.3) is 0 Å². The van der Waals surface area contributed by atoms with Gasteiger partial charge in [-0.1, -0.05) is 18.2 Å². The van der Waals surface area contributed by atoms with Crippen molar-refractivity contribution in [1.82, 2.24) is 0 Å². The number of para-hydroxylation sites is 1. The minimum Gasteiger partial charge on any atom is -0.503 e. The fraction of sp³-hybridized carbons (Fsp3) is 0.250. The van der Waals surface area contributed by atoms with Crippen LogP contribution in [0.3, 0.4) is 0 Å².